The molecule has 0 saturated carbocycles. The number of rotatable bonds is 4. The van der Waals surface area contributed by atoms with Crippen LogP contribution in [0.5, 0.6) is 0 Å². The average molecular weight is 131 g/mol. The Hall–Kier alpha value is 0.375. The van der Waals surface area contributed by atoms with Gasteiger partial charge in [-0.1, -0.05) is 20.2 Å². The van der Waals surface area contributed by atoms with Crippen LogP contribution in [0, 0.1) is 0 Å². The number of hydrogen-bond acceptors (Lipinski definition) is 2. The van der Waals surface area contributed by atoms with Gasteiger partial charge in [0.2, 0.25) is 6.85 Å². The van der Waals surface area contributed by atoms with Crippen molar-refractivity contribution in [1.29, 1.82) is 0 Å². The topological polar surface area (TPSA) is 12.0 Å². The molecule has 0 heterocycles. The van der Waals surface area contributed by atoms with Crippen molar-refractivity contribution in [2.45, 2.75) is 20.2 Å². The molecule has 0 unspecified atom stereocenters. The smallest absolute Gasteiger partial charge is 0.230 e. The standard InChI is InChI=1S/C5H14BNS/c1-3-6(5-8)7-4-2/h7-8H,3-5H2,1-2H3. The second-order valence-corrected chi connectivity index (χ2v) is 2.21. The van der Waals surface area contributed by atoms with Crippen LogP contribution < -0.4 is 5.23 Å². The van der Waals surface area contributed by atoms with Gasteiger partial charge in [-0.15, -0.1) is 0 Å². The number of thiol groups is 1. The quantitative estimate of drug-likeness (QED) is 0.429. The molecule has 0 bridgehead atoms. The van der Waals surface area contributed by atoms with Gasteiger partial charge in [0.1, 0.15) is 0 Å². The molecule has 0 aliphatic rings. The van der Waals surface area contributed by atoms with E-state index in [9.17, 15) is 0 Å². The van der Waals surface area contributed by atoms with Gasteiger partial charge in [-0.25, -0.2) is 0 Å². The third-order valence-electron chi connectivity index (χ3n) is 1.21. The van der Waals surface area contributed by atoms with Crippen LogP contribution in [0.3, 0.4) is 0 Å². The monoisotopic (exact) mass is 131 g/mol. The predicted octanol–water partition coefficient (Wildman–Crippen LogP) is 1.08. The van der Waals surface area contributed by atoms with E-state index < -0.39 is 0 Å². The van der Waals surface area contributed by atoms with E-state index in [0.29, 0.717) is 6.85 Å². The highest BCUT2D eigenvalue weighted by atomic mass is 32.1. The molecule has 0 amide bonds. The van der Waals surface area contributed by atoms with E-state index in [0.717, 1.165) is 12.2 Å². The summed E-state index contributed by atoms with van der Waals surface area (Å²) in [7, 11) is 0. The van der Waals surface area contributed by atoms with Crippen molar-refractivity contribution in [2.24, 2.45) is 0 Å². The second kappa shape index (κ2) is 5.51. The Morgan fingerprint density at radius 2 is 2.12 bits per heavy atom. The van der Waals surface area contributed by atoms with Gasteiger partial charge in [-0.3, -0.25) is 0 Å². The van der Waals surface area contributed by atoms with Crippen molar-refractivity contribution in [2.75, 3.05) is 12.2 Å². The molecule has 0 aromatic heterocycles. The summed E-state index contributed by atoms with van der Waals surface area (Å²) in [6.07, 6.45) is 1.18. The predicted molar refractivity (Wildman–Crippen MR) is 43.8 cm³/mol. The van der Waals surface area contributed by atoms with Gasteiger partial charge in [-0.2, -0.15) is 12.6 Å². The molecule has 0 spiro atoms. The maximum absolute atomic E-state index is 4.17. The lowest BCUT2D eigenvalue weighted by Crippen LogP contribution is -2.34. The van der Waals surface area contributed by atoms with Gasteiger partial charge < -0.3 is 5.23 Å². The van der Waals surface area contributed by atoms with Crippen molar-refractivity contribution in [3.8, 4) is 0 Å². The van der Waals surface area contributed by atoms with Gasteiger partial charge in [0.25, 0.3) is 0 Å². The van der Waals surface area contributed by atoms with E-state index in [1.165, 1.54) is 6.32 Å². The van der Waals surface area contributed by atoms with Crippen LogP contribution in [-0.4, -0.2) is 19.0 Å². The summed E-state index contributed by atoms with van der Waals surface area (Å²) < 4.78 is 0. The van der Waals surface area contributed by atoms with E-state index in [4.69, 9.17) is 0 Å². The Balaban J connectivity index is 3.07. The first kappa shape index (κ1) is 8.37. The van der Waals surface area contributed by atoms with Gasteiger partial charge in [0.15, 0.2) is 0 Å². The van der Waals surface area contributed by atoms with Crippen molar-refractivity contribution >= 4 is 19.5 Å². The maximum Gasteiger partial charge on any atom is 0.230 e. The second-order valence-electron chi connectivity index (χ2n) is 1.85. The van der Waals surface area contributed by atoms with E-state index in [1.54, 1.807) is 0 Å². The van der Waals surface area contributed by atoms with Crippen molar-refractivity contribution in [1.82, 2.24) is 5.23 Å². The summed E-state index contributed by atoms with van der Waals surface area (Å²) in [6, 6.07) is 0. The van der Waals surface area contributed by atoms with Crippen molar-refractivity contribution in [3.63, 3.8) is 0 Å². The summed E-state index contributed by atoms with van der Waals surface area (Å²) in [5.41, 5.74) is 0.949. The number of nitrogens with one attached hydrogen (secondary N) is 1. The third kappa shape index (κ3) is 3.39. The molecule has 8 heavy (non-hydrogen) atoms. The van der Waals surface area contributed by atoms with Crippen LogP contribution in [-0.2, 0) is 0 Å². The summed E-state index contributed by atoms with van der Waals surface area (Å²) in [5.74, 6) is 0. The first-order valence-corrected chi connectivity index (χ1v) is 3.82. The van der Waals surface area contributed by atoms with Crippen LogP contribution in [0.4, 0.5) is 0 Å². The molecule has 0 rings (SSSR count). The maximum atomic E-state index is 4.17. The first-order valence-electron chi connectivity index (χ1n) is 3.19. The lowest BCUT2D eigenvalue weighted by atomic mass is 9.62. The van der Waals surface area contributed by atoms with E-state index in [-0.39, 0.29) is 0 Å². The molecule has 0 aliphatic carbocycles. The fourth-order valence-corrected chi connectivity index (χ4v) is 1.01. The van der Waals surface area contributed by atoms with Gasteiger partial charge >= 0.3 is 0 Å². The summed E-state index contributed by atoms with van der Waals surface area (Å²) in [4.78, 5) is 0. The molecule has 0 aromatic rings. The summed E-state index contributed by atoms with van der Waals surface area (Å²) >= 11 is 4.17. The fraction of sp³-hybridized carbons (Fsp3) is 1.00. The minimum atomic E-state index is 0.614. The normalized spacial score (nSPS) is 9.38. The zero-order valence-corrected chi connectivity index (χ0v) is 6.54. The lowest BCUT2D eigenvalue weighted by Gasteiger charge is -2.06. The van der Waals surface area contributed by atoms with E-state index in [1.807, 2.05) is 0 Å². The largest absolute Gasteiger partial charge is 0.355 e. The van der Waals surface area contributed by atoms with Gasteiger partial charge in [-0.05, 0) is 12.2 Å². The Kier molecular flexibility index (Phi) is 5.77. The Bertz CT molecular complexity index is 47.7. The minimum Gasteiger partial charge on any atom is -0.355 e. The molecular weight excluding hydrogens is 117 g/mol. The molecule has 0 aliphatic heterocycles. The molecule has 3 heteroatoms. The molecule has 0 radical (unpaired) electrons. The van der Waals surface area contributed by atoms with Crippen LogP contribution in [0.15, 0.2) is 0 Å². The Morgan fingerprint density at radius 3 is 2.25 bits per heavy atom. The minimum absolute atomic E-state index is 0.614. The van der Waals surface area contributed by atoms with Crippen molar-refractivity contribution < 1.29 is 0 Å². The molecule has 0 aromatic carbocycles. The average Bonchev–Trinajstić information content (AvgIpc) is 1.83. The van der Waals surface area contributed by atoms with Crippen LogP contribution in [0.2, 0.25) is 6.32 Å². The summed E-state index contributed by atoms with van der Waals surface area (Å²) in [5, 5.41) is 3.31. The van der Waals surface area contributed by atoms with Crippen molar-refractivity contribution in [3.05, 3.63) is 0 Å². The zero-order chi connectivity index (χ0) is 6.41. The third-order valence-corrected chi connectivity index (χ3v) is 1.65. The Labute approximate surface area is 57.7 Å². The molecule has 1 nitrogen and oxygen atoms in total. The Morgan fingerprint density at radius 1 is 1.50 bits per heavy atom. The highest BCUT2D eigenvalue weighted by Gasteiger charge is 2.04. The van der Waals surface area contributed by atoms with Crippen LogP contribution in [0.25, 0.3) is 0 Å². The SMILES string of the molecule is CCNB(CC)CS. The van der Waals surface area contributed by atoms with Gasteiger partial charge in [0, 0.05) is 0 Å². The first-order chi connectivity index (χ1) is 3.85. The molecule has 1 N–H and O–H groups in total. The lowest BCUT2D eigenvalue weighted by molar-refractivity contribution is 0.975. The molecule has 48 valence electrons. The molecule has 0 saturated heterocycles. The van der Waals surface area contributed by atoms with Crippen LogP contribution >= 0.6 is 12.6 Å². The molecular formula is C5H14BNS. The highest BCUT2D eigenvalue weighted by molar-refractivity contribution is 7.82. The summed E-state index contributed by atoms with van der Waals surface area (Å²) in [6.45, 7) is 5.96. The molecule has 0 fully saturated rings. The fourth-order valence-electron chi connectivity index (χ4n) is 0.627. The zero-order valence-electron chi connectivity index (χ0n) is 5.65. The van der Waals surface area contributed by atoms with Gasteiger partial charge in [0.05, 0.1) is 0 Å². The van der Waals surface area contributed by atoms with E-state index in [2.05, 4.69) is 31.7 Å². The van der Waals surface area contributed by atoms with Crippen LogP contribution in [0.1, 0.15) is 13.8 Å². The highest BCUT2D eigenvalue weighted by Crippen LogP contribution is 1.87. The van der Waals surface area contributed by atoms with E-state index >= 15 is 0 Å². The number of hydrogen-bond donors (Lipinski definition) is 2. The molecule has 0 atom stereocenters.